The maximum atomic E-state index is 11.6. The monoisotopic (exact) mass is 439 g/mol. The van der Waals surface area contributed by atoms with Crippen LogP contribution in [0.2, 0.25) is 0 Å². The summed E-state index contributed by atoms with van der Waals surface area (Å²) in [4.78, 5) is 11.6. The third kappa shape index (κ3) is 22.7. The highest BCUT2D eigenvalue weighted by atomic mass is 32.2. The highest BCUT2D eigenvalue weighted by Gasteiger charge is 2.12. The number of nitrogens with zero attached hydrogens (tertiary/aromatic N) is 1. The van der Waals surface area contributed by atoms with Crippen LogP contribution in [0.25, 0.3) is 0 Å². The molecule has 0 amide bonds. The van der Waals surface area contributed by atoms with E-state index in [0.29, 0.717) is 11.0 Å². The number of phosphoric acid groups is 1. The summed E-state index contributed by atoms with van der Waals surface area (Å²) in [5.74, 6) is 2.59. The van der Waals surface area contributed by atoms with E-state index in [0.717, 1.165) is 19.3 Å². The predicted octanol–water partition coefficient (Wildman–Crippen LogP) is 5.63. The Morgan fingerprint density at radius 1 is 0.750 bits per heavy atom. The minimum Gasteiger partial charge on any atom is -0.756 e. The van der Waals surface area contributed by atoms with E-state index in [9.17, 15) is 9.46 Å². The van der Waals surface area contributed by atoms with Gasteiger partial charge in [0.15, 0.2) is 0 Å². The lowest BCUT2D eigenvalue weighted by Crippen LogP contribution is -2.37. The van der Waals surface area contributed by atoms with Crippen LogP contribution in [0, 0.1) is 0 Å². The molecule has 0 radical (unpaired) electrons. The van der Waals surface area contributed by atoms with E-state index in [1.165, 1.54) is 69.3 Å². The van der Waals surface area contributed by atoms with Crippen molar-refractivity contribution < 1.29 is 23.0 Å². The molecular weight excluding hydrogens is 393 g/mol. The molecule has 0 heterocycles. The van der Waals surface area contributed by atoms with E-state index in [2.05, 4.69) is 18.7 Å². The van der Waals surface area contributed by atoms with Gasteiger partial charge < -0.3 is 18.4 Å². The van der Waals surface area contributed by atoms with Gasteiger partial charge in [0.2, 0.25) is 0 Å². The second-order valence-electron chi connectivity index (χ2n) is 8.63. The summed E-state index contributed by atoms with van der Waals surface area (Å²) < 4.78 is 22.1. The van der Waals surface area contributed by atoms with Crippen LogP contribution in [-0.4, -0.2) is 56.9 Å². The molecule has 5 nitrogen and oxygen atoms in total. The van der Waals surface area contributed by atoms with Crippen molar-refractivity contribution in [2.24, 2.45) is 0 Å². The first-order valence-corrected chi connectivity index (χ1v) is 13.9. The molecule has 170 valence electrons. The van der Waals surface area contributed by atoms with Crippen LogP contribution in [0.15, 0.2) is 0 Å². The molecule has 1 unspecified atom stereocenters. The summed E-state index contributed by atoms with van der Waals surface area (Å²) in [6.45, 7) is 3.30. The third-order valence-electron chi connectivity index (χ3n) is 4.59. The van der Waals surface area contributed by atoms with Gasteiger partial charge in [0.1, 0.15) is 13.2 Å². The zero-order chi connectivity index (χ0) is 21.1. The van der Waals surface area contributed by atoms with Crippen molar-refractivity contribution in [3.63, 3.8) is 0 Å². The van der Waals surface area contributed by atoms with Crippen molar-refractivity contribution in [1.29, 1.82) is 0 Å². The Labute approximate surface area is 179 Å². The highest BCUT2D eigenvalue weighted by molar-refractivity contribution is 7.99. The van der Waals surface area contributed by atoms with Crippen molar-refractivity contribution in [2.45, 2.75) is 84.0 Å². The van der Waals surface area contributed by atoms with Gasteiger partial charge >= 0.3 is 0 Å². The molecule has 0 aromatic carbocycles. The topological polar surface area (TPSA) is 58.6 Å². The summed E-state index contributed by atoms with van der Waals surface area (Å²) in [6.07, 6.45) is 15.0. The third-order valence-corrected chi connectivity index (χ3v) is 6.74. The number of likely N-dealkylation sites (N-methyl/N-ethyl adjacent to an activating group) is 1. The van der Waals surface area contributed by atoms with Gasteiger partial charge in [0.05, 0.1) is 27.7 Å². The molecule has 0 N–H and O–H groups in total. The maximum Gasteiger partial charge on any atom is 0.268 e. The highest BCUT2D eigenvalue weighted by Crippen LogP contribution is 2.38. The first-order valence-electron chi connectivity index (χ1n) is 11.2. The summed E-state index contributed by atoms with van der Waals surface area (Å²) in [6, 6.07) is 0. The smallest absolute Gasteiger partial charge is 0.268 e. The molecule has 0 saturated heterocycles. The van der Waals surface area contributed by atoms with E-state index < -0.39 is 7.82 Å². The predicted molar refractivity (Wildman–Crippen MR) is 121 cm³/mol. The second-order valence-corrected chi connectivity index (χ2v) is 11.3. The molecule has 0 saturated carbocycles. The van der Waals surface area contributed by atoms with Crippen LogP contribution in [0.4, 0.5) is 0 Å². The largest absolute Gasteiger partial charge is 0.756 e. The van der Waals surface area contributed by atoms with Crippen LogP contribution in [-0.2, 0) is 13.6 Å². The van der Waals surface area contributed by atoms with Crippen molar-refractivity contribution in [1.82, 2.24) is 0 Å². The minimum atomic E-state index is -4.13. The molecule has 0 bridgehead atoms. The van der Waals surface area contributed by atoms with E-state index >= 15 is 0 Å². The molecule has 0 rings (SSSR count). The average Bonchev–Trinajstić information content (AvgIpc) is 2.60. The maximum absolute atomic E-state index is 11.6. The van der Waals surface area contributed by atoms with Gasteiger partial charge in [-0.25, -0.2) is 0 Å². The summed E-state index contributed by atoms with van der Waals surface area (Å²) in [7, 11) is 1.85. The molecule has 0 spiro atoms. The van der Waals surface area contributed by atoms with E-state index in [-0.39, 0.29) is 13.2 Å². The Balaban J connectivity index is 3.29. The summed E-state index contributed by atoms with van der Waals surface area (Å²) in [5.41, 5.74) is 0. The summed E-state index contributed by atoms with van der Waals surface area (Å²) >= 11 is 2.10. The molecule has 0 aromatic heterocycles. The van der Waals surface area contributed by atoms with Gasteiger partial charge in [0.25, 0.3) is 7.82 Å². The molecular formula is C21H46NO4PS. The first kappa shape index (κ1) is 28.4. The molecule has 0 fully saturated rings. The van der Waals surface area contributed by atoms with Gasteiger partial charge in [-0.3, -0.25) is 4.57 Å². The standard InChI is InChI=1S/C21H46NO4PS/c1-5-6-7-8-12-15-20-28-21-16-13-10-9-11-14-18-25-27(23,24)26-19-17-22(2,3)4/h5-21H2,1-4H3. The van der Waals surface area contributed by atoms with E-state index in [4.69, 9.17) is 9.05 Å². The van der Waals surface area contributed by atoms with Crippen molar-refractivity contribution >= 4 is 19.6 Å². The van der Waals surface area contributed by atoms with Crippen molar-refractivity contribution in [3.05, 3.63) is 0 Å². The number of hydrogen-bond donors (Lipinski definition) is 0. The molecule has 0 aliphatic carbocycles. The average molecular weight is 440 g/mol. The lowest BCUT2D eigenvalue weighted by molar-refractivity contribution is -0.870. The Bertz CT molecular complexity index is 391. The second kappa shape index (κ2) is 18.2. The Kier molecular flexibility index (Phi) is 18.5. The number of phosphoric ester groups is 1. The van der Waals surface area contributed by atoms with Gasteiger partial charge in [-0.1, -0.05) is 64.7 Å². The Morgan fingerprint density at radius 2 is 1.21 bits per heavy atom. The fraction of sp³-hybridized carbons (Fsp3) is 1.00. The molecule has 1 atom stereocenters. The number of thioether (sulfide) groups is 1. The molecule has 0 aliphatic rings. The molecule has 0 aliphatic heterocycles. The molecule has 28 heavy (non-hydrogen) atoms. The SMILES string of the molecule is CCCCCCCCSCCCCCCCCOP(=O)([O-])OCC[N+](C)(C)C. The first-order chi connectivity index (χ1) is 13.3. The zero-order valence-corrected chi connectivity index (χ0v) is 20.7. The molecule has 0 aromatic rings. The summed E-state index contributed by atoms with van der Waals surface area (Å²) in [5, 5.41) is 0. The van der Waals surface area contributed by atoms with Gasteiger partial charge in [-0.05, 0) is 30.8 Å². The zero-order valence-electron chi connectivity index (χ0n) is 19.0. The van der Waals surface area contributed by atoms with Gasteiger partial charge in [-0.15, -0.1) is 0 Å². The van der Waals surface area contributed by atoms with E-state index in [1.54, 1.807) is 0 Å². The van der Waals surface area contributed by atoms with E-state index in [1.807, 2.05) is 21.1 Å². The fourth-order valence-corrected chi connectivity index (χ4v) is 4.49. The number of hydrogen-bond acceptors (Lipinski definition) is 5. The van der Waals surface area contributed by atoms with Crippen LogP contribution < -0.4 is 4.89 Å². The van der Waals surface area contributed by atoms with Crippen LogP contribution in [0.5, 0.6) is 0 Å². The lowest BCUT2D eigenvalue weighted by atomic mass is 10.1. The quantitative estimate of drug-likeness (QED) is 0.132. The van der Waals surface area contributed by atoms with Gasteiger partial charge in [-0.2, -0.15) is 11.8 Å². The Hall–Kier alpha value is 0.420. The van der Waals surface area contributed by atoms with Crippen LogP contribution >= 0.6 is 19.6 Å². The van der Waals surface area contributed by atoms with Crippen LogP contribution in [0.3, 0.4) is 0 Å². The number of unbranched alkanes of at least 4 members (excludes halogenated alkanes) is 10. The van der Waals surface area contributed by atoms with Crippen LogP contribution in [0.1, 0.15) is 84.0 Å². The van der Waals surface area contributed by atoms with Gasteiger partial charge in [0, 0.05) is 0 Å². The lowest BCUT2D eigenvalue weighted by Gasteiger charge is -2.27. The van der Waals surface area contributed by atoms with Crippen molar-refractivity contribution in [2.75, 3.05) is 52.4 Å². The molecule has 7 heteroatoms. The number of quaternary nitrogens is 1. The number of rotatable bonds is 21. The van der Waals surface area contributed by atoms with Crippen molar-refractivity contribution in [3.8, 4) is 0 Å². The minimum absolute atomic E-state index is 0.168. The normalized spacial score (nSPS) is 14.3. The Morgan fingerprint density at radius 3 is 1.75 bits per heavy atom. The fourth-order valence-electron chi connectivity index (χ4n) is 2.74.